The van der Waals surface area contributed by atoms with E-state index in [0.29, 0.717) is 5.76 Å². The Morgan fingerprint density at radius 3 is 2.37 bits per heavy atom. The first-order valence-corrected chi connectivity index (χ1v) is 6.27. The van der Waals surface area contributed by atoms with Crippen molar-refractivity contribution in [2.75, 3.05) is 5.32 Å². The van der Waals surface area contributed by atoms with E-state index in [0.717, 1.165) is 28.1 Å². The number of anilines is 1. The number of carbonyl (C=O) groups is 1. The minimum atomic E-state index is -0.0493. The highest BCUT2D eigenvalue weighted by Gasteiger charge is 2.14. The van der Waals surface area contributed by atoms with Crippen LogP contribution in [0.15, 0.2) is 22.7 Å². The molecule has 100 valence electrons. The molecule has 1 amide bonds. The molecule has 1 aromatic carbocycles. The van der Waals surface area contributed by atoms with Crippen molar-refractivity contribution < 1.29 is 9.32 Å². The average Bonchev–Trinajstić information content (AvgIpc) is 2.66. The van der Waals surface area contributed by atoms with Crippen molar-refractivity contribution in [2.45, 2.75) is 34.1 Å². The molecule has 4 nitrogen and oxygen atoms in total. The molecule has 1 heterocycles. The van der Waals surface area contributed by atoms with Gasteiger partial charge in [-0.25, -0.2) is 0 Å². The Hall–Kier alpha value is -2.10. The van der Waals surface area contributed by atoms with Gasteiger partial charge in [0.1, 0.15) is 5.76 Å². The van der Waals surface area contributed by atoms with E-state index in [2.05, 4.69) is 10.5 Å². The Kier molecular flexibility index (Phi) is 3.69. The van der Waals surface area contributed by atoms with E-state index in [1.54, 1.807) is 0 Å². The summed E-state index contributed by atoms with van der Waals surface area (Å²) in [7, 11) is 0. The lowest BCUT2D eigenvalue weighted by atomic mass is 10.1. The number of aryl methyl sites for hydroxylation is 4. The second kappa shape index (κ2) is 5.26. The zero-order valence-corrected chi connectivity index (χ0v) is 11.7. The molecule has 0 atom stereocenters. The zero-order chi connectivity index (χ0) is 14.0. The van der Waals surface area contributed by atoms with Crippen LogP contribution in [0.2, 0.25) is 0 Å². The van der Waals surface area contributed by atoms with Gasteiger partial charge in [-0.05, 0) is 38.8 Å². The summed E-state index contributed by atoms with van der Waals surface area (Å²) in [6.07, 6.45) is 0.287. The molecule has 0 unspecified atom stereocenters. The fraction of sp³-hybridized carbons (Fsp3) is 0.333. The number of aromatic nitrogens is 1. The summed E-state index contributed by atoms with van der Waals surface area (Å²) in [4.78, 5) is 12.1. The maximum absolute atomic E-state index is 12.1. The van der Waals surface area contributed by atoms with Crippen LogP contribution in [-0.2, 0) is 11.2 Å². The molecule has 0 aliphatic carbocycles. The van der Waals surface area contributed by atoms with Crippen molar-refractivity contribution in [3.8, 4) is 0 Å². The van der Waals surface area contributed by atoms with E-state index in [1.807, 2.05) is 45.9 Å². The quantitative estimate of drug-likeness (QED) is 0.920. The van der Waals surface area contributed by atoms with E-state index in [4.69, 9.17) is 4.52 Å². The molecular formula is C15H18N2O2. The first-order chi connectivity index (χ1) is 8.99. The summed E-state index contributed by atoms with van der Waals surface area (Å²) in [6, 6.07) is 5.95. The molecule has 1 aromatic heterocycles. The van der Waals surface area contributed by atoms with Crippen molar-refractivity contribution in [2.24, 2.45) is 0 Å². The minimum Gasteiger partial charge on any atom is -0.361 e. The summed E-state index contributed by atoms with van der Waals surface area (Å²) < 4.78 is 5.06. The molecule has 0 saturated carbocycles. The van der Waals surface area contributed by atoms with Gasteiger partial charge in [-0.2, -0.15) is 0 Å². The minimum absolute atomic E-state index is 0.0493. The summed E-state index contributed by atoms with van der Waals surface area (Å²) in [5.74, 6) is 0.654. The summed E-state index contributed by atoms with van der Waals surface area (Å²) in [5.41, 5.74) is 4.65. The number of hydrogen-bond acceptors (Lipinski definition) is 3. The Bertz CT molecular complexity index is 575. The molecule has 0 aliphatic heterocycles. The number of carbonyl (C=O) groups excluding carboxylic acids is 1. The maximum atomic E-state index is 12.1. The van der Waals surface area contributed by atoms with Crippen LogP contribution in [0.5, 0.6) is 0 Å². The number of nitrogens with zero attached hydrogens (tertiary/aromatic N) is 1. The second-order valence-electron chi connectivity index (χ2n) is 4.79. The summed E-state index contributed by atoms with van der Waals surface area (Å²) in [6.45, 7) is 7.64. The third-order valence-corrected chi connectivity index (χ3v) is 3.26. The highest BCUT2D eigenvalue weighted by atomic mass is 16.5. The smallest absolute Gasteiger partial charge is 0.229 e. The first-order valence-electron chi connectivity index (χ1n) is 6.27. The number of hydrogen-bond donors (Lipinski definition) is 1. The van der Waals surface area contributed by atoms with Crippen LogP contribution >= 0.6 is 0 Å². The van der Waals surface area contributed by atoms with Crippen LogP contribution in [0.3, 0.4) is 0 Å². The van der Waals surface area contributed by atoms with Gasteiger partial charge in [0.05, 0.1) is 12.1 Å². The number of para-hydroxylation sites is 1. The topological polar surface area (TPSA) is 55.1 Å². The molecule has 0 fully saturated rings. The van der Waals surface area contributed by atoms with Gasteiger partial charge in [0, 0.05) is 11.3 Å². The zero-order valence-electron chi connectivity index (χ0n) is 11.7. The average molecular weight is 258 g/mol. The molecular weight excluding hydrogens is 240 g/mol. The predicted molar refractivity (Wildman–Crippen MR) is 74.2 cm³/mol. The SMILES string of the molecule is Cc1cccc(C)c1NC(=O)Cc1c(C)noc1C. The van der Waals surface area contributed by atoms with Gasteiger partial charge in [0.2, 0.25) is 5.91 Å². The Morgan fingerprint density at radius 1 is 1.21 bits per heavy atom. The van der Waals surface area contributed by atoms with Gasteiger partial charge < -0.3 is 9.84 Å². The molecule has 2 rings (SSSR count). The molecule has 2 aromatic rings. The first kappa shape index (κ1) is 13.3. The van der Waals surface area contributed by atoms with Gasteiger partial charge in [0.15, 0.2) is 0 Å². The predicted octanol–water partition coefficient (Wildman–Crippen LogP) is 3.09. The van der Waals surface area contributed by atoms with Crippen LogP contribution in [0.25, 0.3) is 0 Å². The summed E-state index contributed by atoms with van der Waals surface area (Å²) in [5, 5.41) is 6.82. The van der Waals surface area contributed by atoms with Crippen molar-refractivity contribution in [1.82, 2.24) is 5.16 Å². The van der Waals surface area contributed by atoms with Gasteiger partial charge >= 0.3 is 0 Å². The molecule has 19 heavy (non-hydrogen) atoms. The maximum Gasteiger partial charge on any atom is 0.229 e. The van der Waals surface area contributed by atoms with Crippen molar-refractivity contribution >= 4 is 11.6 Å². The van der Waals surface area contributed by atoms with E-state index in [1.165, 1.54) is 0 Å². The Labute approximate surface area is 112 Å². The molecule has 1 N–H and O–H groups in total. The van der Waals surface area contributed by atoms with Crippen LogP contribution in [0, 0.1) is 27.7 Å². The normalized spacial score (nSPS) is 10.5. The van der Waals surface area contributed by atoms with Gasteiger partial charge in [-0.15, -0.1) is 0 Å². The van der Waals surface area contributed by atoms with Gasteiger partial charge in [0.25, 0.3) is 0 Å². The van der Waals surface area contributed by atoms with Crippen LogP contribution in [0.1, 0.15) is 28.1 Å². The molecule has 0 spiro atoms. The van der Waals surface area contributed by atoms with E-state index >= 15 is 0 Å². The lowest BCUT2D eigenvalue weighted by molar-refractivity contribution is -0.115. The highest BCUT2D eigenvalue weighted by molar-refractivity contribution is 5.93. The van der Waals surface area contributed by atoms with Crippen molar-refractivity contribution in [1.29, 1.82) is 0 Å². The monoisotopic (exact) mass is 258 g/mol. The van der Waals surface area contributed by atoms with Crippen LogP contribution < -0.4 is 5.32 Å². The highest BCUT2D eigenvalue weighted by Crippen LogP contribution is 2.20. The van der Waals surface area contributed by atoms with E-state index in [9.17, 15) is 4.79 Å². The Morgan fingerprint density at radius 2 is 1.84 bits per heavy atom. The van der Waals surface area contributed by atoms with E-state index < -0.39 is 0 Å². The number of amides is 1. The molecule has 0 aliphatic rings. The lowest BCUT2D eigenvalue weighted by Crippen LogP contribution is -2.16. The van der Waals surface area contributed by atoms with Crippen LogP contribution in [0.4, 0.5) is 5.69 Å². The van der Waals surface area contributed by atoms with E-state index in [-0.39, 0.29) is 12.3 Å². The summed E-state index contributed by atoms with van der Waals surface area (Å²) >= 11 is 0. The standard InChI is InChI=1S/C15H18N2O2/c1-9-6-5-7-10(2)15(9)16-14(18)8-13-11(3)17-19-12(13)4/h5-7H,8H2,1-4H3,(H,16,18). The van der Waals surface area contributed by atoms with Crippen molar-refractivity contribution in [3.05, 3.63) is 46.3 Å². The number of rotatable bonds is 3. The molecule has 0 bridgehead atoms. The van der Waals surface area contributed by atoms with Gasteiger partial charge in [-0.1, -0.05) is 23.4 Å². The van der Waals surface area contributed by atoms with Crippen LogP contribution in [-0.4, -0.2) is 11.1 Å². The third kappa shape index (κ3) is 2.84. The number of benzene rings is 1. The fourth-order valence-electron chi connectivity index (χ4n) is 2.11. The number of nitrogens with one attached hydrogen (secondary N) is 1. The Balaban J connectivity index is 2.14. The molecule has 0 radical (unpaired) electrons. The van der Waals surface area contributed by atoms with Crippen molar-refractivity contribution in [3.63, 3.8) is 0 Å². The second-order valence-corrected chi connectivity index (χ2v) is 4.79. The van der Waals surface area contributed by atoms with Gasteiger partial charge in [-0.3, -0.25) is 4.79 Å². The molecule has 4 heteroatoms. The lowest BCUT2D eigenvalue weighted by Gasteiger charge is -2.11. The molecule has 0 saturated heterocycles. The fourth-order valence-corrected chi connectivity index (χ4v) is 2.11. The largest absolute Gasteiger partial charge is 0.361 e. The third-order valence-electron chi connectivity index (χ3n) is 3.26.